The molecular formula is C19H19N3O3S. The van der Waals surface area contributed by atoms with E-state index in [1.807, 2.05) is 30.3 Å². The molecule has 0 bridgehead atoms. The Hall–Kier alpha value is -2.80. The molecule has 2 heterocycles. The number of primary amides is 1. The second-order valence-electron chi connectivity index (χ2n) is 6.53. The van der Waals surface area contributed by atoms with Crippen molar-refractivity contribution < 1.29 is 14.7 Å². The lowest BCUT2D eigenvalue weighted by Gasteiger charge is -2.21. The van der Waals surface area contributed by atoms with Gasteiger partial charge in [-0.3, -0.25) is 14.6 Å². The molecule has 0 atom stereocenters. The van der Waals surface area contributed by atoms with Gasteiger partial charge in [0.1, 0.15) is 0 Å². The van der Waals surface area contributed by atoms with Crippen LogP contribution in [0.1, 0.15) is 19.4 Å². The Kier molecular flexibility index (Phi) is 4.73. The number of aliphatic carboxylic acids is 1. The highest BCUT2D eigenvalue weighted by Gasteiger charge is 2.27. The molecule has 3 rings (SSSR count). The van der Waals surface area contributed by atoms with E-state index in [-0.39, 0.29) is 5.75 Å². The van der Waals surface area contributed by atoms with Crippen molar-refractivity contribution in [1.82, 2.24) is 9.97 Å². The lowest BCUT2D eigenvalue weighted by atomic mass is 9.84. The third-order valence-electron chi connectivity index (χ3n) is 4.33. The molecule has 4 N–H and O–H groups in total. The number of hydrogen-bond donors (Lipinski definition) is 3. The number of amides is 1. The first-order chi connectivity index (χ1) is 12.3. The summed E-state index contributed by atoms with van der Waals surface area (Å²) in [6.45, 7) is 3.57. The van der Waals surface area contributed by atoms with E-state index in [1.165, 1.54) is 11.8 Å². The molecule has 0 aliphatic heterocycles. The first kappa shape index (κ1) is 18.0. The van der Waals surface area contributed by atoms with Crippen LogP contribution in [0.5, 0.6) is 0 Å². The summed E-state index contributed by atoms with van der Waals surface area (Å²) in [5, 5.41) is 9.77. The predicted octanol–water partition coefficient (Wildman–Crippen LogP) is 3.17. The molecule has 2 aromatic heterocycles. The van der Waals surface area contributed by atoms with E-state index in [1.54, 1.807) is 26.1 Å². The number of pyridine rings is 1. The van der Waals surface area contributed by atoms with E-state index < -0.39 is 17.3 Å². The highest BCUT2D eigenvalue weighted by atomic mass is 32.2. The number of nitrogens with zero attached hydrogens (tertiary/aromatic N) is 1. The molecule has 0 unspecified atom stereocenters. The Balaban J connectivity index is 1.96. The van der Waals surface area contributed by atoms with E-state index in [2.05, 4.69) is 9.97 Å². The SMILES string of the molecule is CC(C)(C(N)=O)c1ccnc(-c2cc3cc(SCC(=O)O)ccc3[nH]2)c1. The number of fused-ring (bicyclic) bond motifs is 1. The molecule has 1 amide bonds. The summed E-state index contributed by atoms with van der Waals surface area (Å²) in [4.78, 5) is 31.0. The minimum Gasteiger partial charge on any atom is -0.481 e. The van der Waals surface area contributed by atoms with Gasteiger partial charge in [-0.25, -0.2) is 0 Å². The van der Waals surface area contributed by atoms with Crippen LogP contribution in [0.4, 0.5) is 0 Å². The summed E-state index contributed by atoms with van der Waals surface area (Å²) in [5.41, 5.74) is 7.99. The van der Waals surface area contributed by atoms with E-state index >= 15 is 0 Å². The van der Waals surface area contributed by atoms with Crippen molar-refractivity contribution in [1.29, 1.82) is 0 Å². The van der Waals surface area contributed by atoms with Crippen molar-refractivity contribution in [3.63, 3.8) is 0 Å². The van der Waals surface area contributed by atoms with Gasteiger partial charge in [0.2, 0.25) is 5.91 Å². The van der Waals surface area contributed by atoms with Gasteiger partial charge in [0.15, 0.2) is 0 Å². The normalized spacial score (nSPS) is 11.6. The Labute approximate surface area is 154 Å². The lowest BCUT2D eigenvalue weighted by Crippen LogP contribution is -2.35. The van der Waals surface area contributed by atoms with Gasteiger partial charge in [0.25, 0.3) is 0 Å². The van der Waals surface area contributed by atoms with Gasteiger partial charge in [-0.05, 0) is 55.8 Å². The molecule has 0 fully saturated rings. The number of aromatic amines is 1. The maximum absolute atomic E-state index is 11.7. The average molecular weight is 369 g/mol. The van der Waals surface area contributed by atoms with Gasteiger partial charge in [-0.1, -0.05) is 0 Å². The van der Waals surface area contributed by atoms with E-state index in [0.717, 1.165) is 27.1 Å². The van der Waals surface area contributed by atoms with Gasteiger partial charge < -0.3 is 15.8 Å². The number of H-pyrrole nitrogens is 1. The molecule has 7 heteroatoms. The van der Waals surface area contributed by atoms with Crippen LogP contribution in [0, 0.1) is 0 Å². The van der Waals surface area contributed by atoms with Gasteiger partial charge >= 0.3 is 5.97 Å². The van der Waals surface area contributed by atoms with Crippen molar-refractivity contribution in [3.8, 4) is 11.4 Å². The number of benzene rings is 1. The molecule has 0 aliphatic carbocycles. The summed E-state index contributed by atoms with van der Waals surface area (Å²) < 4.78 is 0. The molecule has 3 aromatic rings. The van der Waals surface area contributed by atoms with E-state index in [4.69, 9.17) is 10.8 Å². The number of aromatic nitrogens is 2. The summed E-state index contributed by atoms with van der Waals surface area (Å²) in [6, 6.07) is 11.4. The van der Waals surface area contributed by atoms with Gasteiger partial charge in [0.05, 0.1) is 22.6 Å². The number of rotatable bonds is 6. The minimum atomic E-state index is -0.845. The number of thioether (sulfide) groups is 1. The summed E-state index contributed by atoms with van der Waals surface area (Å²) in [6.07, 6.45) is 1.66. The van der Waals surface area contributed by atoms with Crippen LogP contribution in [0.2, 0.25) is 0 Å². The standard InChI is InChI=1S/C19H19N3O3S/c1-19(2,18(20)25)12-5-6-21-15(9-12)16-8-11-7-13(26-10-17(23)24)3-4-14(11)22-16/h3-9,22H,10H2,1-2H3,(H2,20,25)(H,23,24). The topological polar surface area (TPSA) is 109 Å². The maximum Gasteiger partial charge on any atom is 0.313 e. The van der Waals surface area contributed by atoms with E-state index in [9.17, 15) is 9.59 Å². The van der Waals surface area contributed by atoms with Crippen LogP contribution in [0.3, 0.4) is 0 Å². The number of carboxylic acid groups (broad SMARTS) is 1. The fourth-order valence-corrected chi connectivity index (χ4v) is 3.26. The Bertz CT molecular complexity index is 995. The predicted molar refractivity (Wildman–Crippen MR) is 102 cm³/mol. The number of carbonyl (C=O) groups excluding carboxylic acids is 1. The zero-order chi connectivity index (χ0) is 18.9. The van der Waals surface area contributed by atoms with Gasteiger partial charge in [0, 0.05) is 22.0 Å². The van der Waals surface area contributed by atoms with Crippen molar-refractivity contribution >= 4 is 34.5 Å². The quantitative estimate of drug-likeness (QED) is 0.578. The number of carbonyl (C=O) groups is 2. The van der Waals surface area contributed by atoms with Crippen molar-refractivity contribution in [3.05, 3.63) is 48.2 Å². The molecular weight excluding hydrogens is 350 g/mol. The fraction of sp³-hybridized carbons (Fsp3) is 0.211. The minimum absolute atomic E-state index is 0.0224. The smallest absolute Gasteiger partial charge is 0.313 e. The van der Waals surface area contributed by atoms with Crippen LogP contribution in [0.25, 0.3) is 22.3 Å². The van der Waals surface area contributed by atoms with Crippen LogP contribution < -0.4 is 5.73 Å². The average Bonchev–Trinajstić information content (AvgIpc) is 3.03. The number of hydrogen-bond acceptors (Lipinski definition) is 4. The molecule has 26 heavy (non-hydrogen) atoms. The number of nitrogens with two attached hydrogens (primary N) is 1. The third-order valence-corrected chi connectivity index (χ3v) is 5.31. The Morgan fingerprint density at radius 2 is 2.00 bits per heavy atom. The molecule has 0 saturated carbocycles. The highest BCUT2D eigenvalue weighted by molar-refractivity contribution is 8.00. The Morgan fingerprint density at radius 1 is 1.23 bits per heavy atom. The third kappa shape index (κ3) is 3.57. The van der Waals surface area contributed by atoms with Crippen LogP contribution in [-0.2, 0) is 15.0 Å². The second-order valence-corrected chi connectivity index (χ2v) is 7.58. The van der Waals surface area contributed by atoms with Crippen LogP contribution in [-0.4, -0.2) is 32.7 Å². The van der Waals surface area contributed by atoms with Crippen molar-refractivity contribution in [2.75, 3.05) is 5.75 Å². The van der Waals surface area contributed by atoms with Gasteiger partial charge in [-0.15, -0.1) is 11.8 Å². The summed E-state index contributed by atoms with van der Waals surface area (Å²) in [7, 11) is 0. The second kappa shape index (κ2) is 6.84. The molecule has 1 aromatic carbocycles. The van der Waals surface area contributed by atoms with E-state index in [0.29, 0.717) is 5.69 Å². The molecule has 0 aliphatic rings. The zero-order valence-electron chi connectivity index (χ0n) is 14.4. The molecule has 0 spiro atoms. The lowest BCUT2D eigenvalue weighted by molar-refractivity contribution is -0.134. The Morgan fingerprint density at radius 3 is 2.69 bits per heavy atom. The van der Waals surface area contributed by atoms with Crippen LogP contribution >= 0.6 is 11.8 Å². The summed E-state index contributed by atoms with van der Waals surface area (Å²) in [5.74, 6) is -1.22. The number of nitrogens with one attached hydrogen (secondary N) is 1. The van der Waals surface area contributed by atoms with Crippen molar-refractivity contribution in [2.24, 2.45) is 5.73 Å². The molecule has 6 nitrogen and oxygen atoms in total. The zero-order valence-corrected chi connectivity index (χ0v) is 15.3. The molecule has 0 radical (unpaired) electrons. The molecule has 0 saturated heterocycles. The first-order valence-corrected chi connectivity index (χ1v) is 9.00. The summed E-state index contributed by atoms with van der Waals surface area (Å²) >= 11 is 1.28. The van der Waals surface area contributed by atoms with Gasteiger partial charge in [-0.2, -0.15) is 0 Å². The fourth-order valence-electron chi connectivity index (χ4n) is 2.59. The van der Waals surface area contributed by atoms with Crippen molar-refractivity contribution in [2.45, 2.75) is 24.2 Å². The van der Waals surface area contributed by atoms with Crippen LogP contribution in [0.15, 0.2) is 47.5 Å². The largest absolute Gasteiger partial charge is 0.481 e. The maximum atomic E-state index is 11.7. The molecule has 134 valence electrons. The number of carboxylic acids is 1. The monoisotopic (exact) mass is 369 g/mol. The first-order valence-electron chi connectivity index (χ1n) is 8.01. The highest BCUT2D eigenvalue weighted by Crippen LogP contribution is 2.30.